The lowest BCUT2D eigenvalue weighted by atomic mass is 10.3. The van der Waals surface area contributed by atoms with Crippen LogP contribution in [0.1, 0.15) is 12.7 Å². The number of aliphatic hydroxyl groups is 2. The highest BCUT2D eigenvalue weighted by Crippen LogP contribution is 2.17. The normalized spacial score (nSPS) is 25.1. The van der Waals surface area contributed by atoms with Crippen molar-refractivity contribution in [2.24, 2.45) is 0 Å². The summed E-state index contributed by atoms with van der Waals surface area (Å²) in [7, 11) is 0. The molecule has 2 rings (SSSR count). The van der Waals surface area contributed by atoms with Gasteiger partial charge in [-0.15, -0.1) is 0 Å². The lowest BCUT2D eigenvalue weighted by Gasteiger charge is -2.16. The van der Waals surface area contributed by atoms with Crippen molar-refractivity contribution in [3.63, 3.8) is 0 Å². The molecule has 0 spiro atoms. The van der Waals surface area contributed by atoms with Crippen LogP contribution in [0.3, 0.4) is 0 Å². The quantitative estimate of drug-likeness (QED) is 0.593. The predicted molar refractivity (Wildman–Crippen MR) is 58.5 cm³/mol. The monoisotopic (exact) mass is 225 g/mol. The van der Waals surface area contributed by atoms with E-state index >= 15 is 0 Å². The van der Waals surface area contributed by atoms with Gasteiger partial charge in [-0.1, -0.05) is 6.92 Å². The van der Waals surface area contributed by atoms with Crippen molar-refractivity contribution < 1.29 is 10.2 Å². The SMILES string of the molecule is CCc1nc(N2CC(O)C(O)C2)cc(=O)[nH]1. The van der Waals surface area contributed by atoms with Gasteiger partial charge in [0.2, 0.25) is 0 Å². The molecule has 1 aliphatic rings. The summed E-state index contributed by atoms with van der Waals surface area (Å²) in [6.07, 6.45) is -0.903. The first kappa shape index (κ1) is 11.1. The largest absolute Gasteiger partial charge is 0.389 e. The van der Waals surface area contributed by atoms with Crippen molar-refractivity contribution in [3.05, 3.63) is 22.2 Å². The average molecular weight is 225 g/mol. The van der Waals surface area contributed by atoms with Crippen LogP contribution in [0.15, 0.2) is 10.9 Å². The first-order chi connectivity index (χ1) is 7.60. The Bertz CT molecular complexity index is 422. The second-order valence-electron chi connectivity index (χ2n) is 3.94. The van der Waals surface area contributed by atoms with Crippen LogP contribution in [0.5, 0.6) is 0 Å². The van der Waals surface area contributed by atoms with Crippen LogP contribution in [0, 0.1) is 0 Å². The second-order valence-corrected chi connectivity index (χ2v) is 3.94. The Morgan fingerprint density at radius 3 is 2.69 bits per heavy atom. The summed E-state index contributed by atoms with van der Waals surface area (Å²) in [5, 5.41) is 18.8. The van der Waals surface area contributed by atoms with Gasteiger partial charge in [0.05, 0.1) is 12.2 Å². The van der Waals surface area contributed by atoms with Crippen LogP contribution < -0.4 is 10.5 Å². The average Bonchev–Trinajstić information content (AvgIpc) is 2.58. The fraction of sp³-hybridized carbons (Fsp3) is 0.600. The van der Waals surface area contributed by atoms with Crippen LogP contribution in [0.25, 0.3) is 0 Å². The highest BCUT2D eigenvalue weighted by molar-refractivity contribution is 5.39. The third-order valence-corrected chi connectivity index (χ3v) is 2.70. The number of aryl methyl sites for hydroxylation is 1. The molecule has 0 aromatic carbocycles. The topological polar surface area (TPSA) is 89.4 Å². The van der Waals surface area contributed by atoms with E-state index in [1.54, 1.807) is 4.90 Å². The third-order valence-electron chi connectivity index (χ3n) is 2.70. The van der Waals surface area contributed by atoms with Gasteiger partial charge in [0.25, 0.3) is 5.56 Å². The fourth-order valence-corrected chi connectivity index (χ4v) is 1.78. The van der Waals surface area contributed by atoms with E-state index in [0.29, 0.717) is 31.2 Å². The summed E-state index contributed by atoms with van der Waals surface area (Å²) in [5.41, 5.74) is -0.210. The van der Waals surface area contributed by atoms with Crippen LogP contribution in [-0.4, -0.2) is 45.5 Å². The first-order valence-corrected chi connectivity index (χ1v) is 5.31. The molecule has 0 saturated carbocycles. The van der Waals surface area contributed by atoms with Crippen molar-refractivity contribution >= 4 is 5.82 Å². The van der Waals surface area contributed by atoms with Crippen molar-refractivity contribution in [1.82, 2.24) is 9.97 Å². The number of hydrogen-bond donors (Lipinski definition) is 3. The smallest absolute Gasteiger partial charge is 0.252 e. The molecule has 1 saturated heterocycles. The number of nitrogens with zero attached hydrogens (tertiary/aromatic N) is 2. The number of rotatable bonds is 2. The highest BCUT2D eigenvalue weighted by atomic mass is 16.3. The number of aromatic nitrogens is 2. The minimum absolute atomic E-state index is 0.210. The first-order valence-electron chi connectivity index (χ1n) is 5.31. The summed E-state index contributed by atoms with van der Waals surface area (Å²) in [6.45, 7) is 2.51. The molecule has 88 valence electrons. The number of anilines is 1. The van der Waals surface area contributed by atoms with E-state index in [1.165, 1.54) is 6.07 Å². The van der Waals surface area contributed by atoms with Crippen molar-refractivity contribution in [2.45, 2.75) is 25.6 Å². The molecule has 3 N–H and O–H groups in total. The van der Waals surface area contributed by atoms with Crippen LogP contribution in [0.2, 0.25) is 0 Å². The minimum atomic E-state index is -0.772. The molecular weight excluding hydrogens is 210 g/mol. The fourth-order valence-electron chi connectivity index (χ4n) is 1.78. The molecular formula is C10H15N3O3. The Labute approximate surface area is 92.6 Å². The van der Waals surface area contributed by atoms with Gasteiger partial charge in [0, 0.05) is 25.6 Å². The van der Waals surface area contributed by atoms with E-state index in [1.807, 2.05) is 6.92 Å². The van der Waals surface area contributed by atoms with Gasteiger partial charge in [0.15, 0.2) is 0 Å². The van der Waals surface area contributed by atoms with Gasteiger partial charge in [-0.2, -0.15) is 0 Å². The van der Waals surface area contributed by atoms with E-state index in [2.05, 4.69) is 9.97 Å². The molecule has 2 unspecified atom stereocenters. The molecule has 6 heteroatoms. The third kappa shape index (κ3) is 2.07. The van der Waals surface area contributed by atoms with Gasteiger partial charge in [0.1, 0.15) is 11.6 Å². The van der Waals surface area contributed by atoms with Gasteiger partial charge in [-0.3, -0.25) is 4.79 Å². The molecule has 2 heterocycles. The van der Waals surface area contributed by atoms with Gasteiger partial charge in [-0.25, -0.2) is 4.98 Å². The molecule has 0 amide bonds. The number of hydrogen-bond acceptors (Lipinski definition) is 5. The summed E-state index contributed by atoms with van der Waals surface area (Å²) in [4.78, 5) is 19.9. The molecule has 1 fully saturated rings. The molecule has 0 bridgehead atoms. The van der Waals surface area contributed by atoms with Crippen molar-refractivity contribution in [1.29, 1.82) is 0 Å². The van der Waals surface area contributed by atoms with Crippen LogP contribution >= 0.6 is 0 Å². The van der Waals surface area contributed by atoms with E-state index < -0.39 is 12.2 Å². The molecule has 2 atom stereocenters. The Balaban J connectivity index is 2.27. The zero-order valence-corrected chi connectivity index (χ0v) is 9.05. The van der Waals surface area contributed by atoms with Crippen molar-refractivity contribution in [3.8, 4) is 0 Å². The molecule has 6 nitrogen and oxygen atoms in total. The maximum atomic E-state index is 11.3. The molecule has 1 aliphatic heterocycles. The lowest BCUT2D eigenvalue weighted by Crippen LogP contribution is -2.25. The Morgan fingerprint density at radius 1 is 1.50 bits per heavy atom. The number of nitrogens with one attached hydrogen (secondary N) is 1. The number of β-amino-alcohol motifs (C(OH)–C–C–N with tert-alkyl or cyclic N) is 2. The zero-order valence-electron chi connectivity index (χ0n) is 9.05. The standard InChI is InChI=1S/C10H15N3O3/c1-2-8-11-9(3-10(16)12-8)13-4-6(14)7(15)5-13/h3,6-7,14-15H,2,4-5H2,1H3,(H,11,12,16). The minimum Gasteiger partial charge on any atom is -0.389 e. The zero-order chi connectivity index (χ0) is 11.7. The number of aromatic amines is 1. The molecule has 0 aliphatic carbocycles. The number of aliphatic hydroxyl groups excluding tert-OH is 2. The van der Waals surface area contributed by atoms with Gasteiger partial charge >= 0.3 is 0 Å². The lowest BCUT2D eigenvalue weighted by molar-refractivity contribution is 0.0572. The Morgan fingerprint density at radius 2 is 2.12 bits per heavy atom. The molecule has 0 radical (unpaired) electrons. The van der Waals surface area contributed by atoms with E-state index in [-0.39, 0.29) is 5.56 Å². The Kier molecular flexibility index (Phi) is 2.93. The second kappa shape index (κ2) is 4.23. The van der Waals surface area contributed by atoms with Gasteiger partial charge in [-0.05, 0) is 0 Å². The van der Waals surface area contributed by atoms with E-state index in [9.17, 15) is 15.0 Å². The van der Waals surface area contributed by atoms with E-state index in [4.69, 9.17) is 0 Å². The Hall–Kier alpha value is -1.40. The number of H-pyrrole nitrogens is 1. The summed E-state index contributed by atoms with van der Waals surface area (Å²) in [6, 6.07) is 1.38. The molecule has 1 aromatic rings. The van der Waals surface area contributed by atoms with Crippen LogP contribution in [-0.2, 0) is 6.42 Å². The van der Waals surface area contributed by atoms with Crippen molar-refractivity contribution in [2.75, 3.05) is 18.0 Å². The summed E-state index contributed by atoms with van der Waals surface area (Å²) in [5.74, 6) is 1.12. The highest BCUT2D eigenvalue weighted by Gasteiger charge is 2.30. The predicted octanol–water partition coefficient (Wildman–Crippen LogP) is -1.13. The van der Waals surface area contributed by atoms with Crippen LogP contribution in [0.4, 0.5) is 5.82 Å². The summed E-state index contributed by atoms with van der Waals surface area (Å²) >= 11 is 0. The molecule has 16 heavy (non-hydrogen) atoms. The maximum absolute atomic E-state index is 11.3. The van der Waals surface area contributed by atoms with E-state index in [0.717, 1.165) is 0 Å². The van der Waals surface area contributed by atoms with Gasteiger partial charge < -0.3 is 20.1 Å². The molecule has 1 aromatic heterocycles. The summed E-state index contributed by atoms with van der Waals surface area (Å²) < 4.78 is 0. The maximum Gasteiger partial charge on any atom is 0.252 e.